The van der Waals surface area contributed by atoms with Crippen LogP contribution in [0.1, 0.15) is 31.4 Å². The quantitative estimate of drug-likeness (QED) is 0.654. The molecule has 0 aromatic heterocycles. The minimum absolute atomic E-state index is 0.166. The first-order chi connectivity index (χ1) is 9.72. The molecule has 0 aliphatic carbocycles. The lowest BCUT2D eigenvalue weighted by Gasteiger charge is -2.21. The number of guanidine groups is 1. The van der Waals surface area contributed by atoms with Crippen LogP contribution in [-0.2, 0) is 0 Å². The third kappa shape index (κ3) is 3.70. The second-order valence-corrected chi connectivity index (χ2v) is 4.93. The Bertz CT molecular complexity index is 458. The molecule has 1 aliphatic heterocycles. The zero-order chi connectivity index (χ0) is 14.4. The molecular weight excluding hydrogens is 257 g/mol. The van der Waals surface area contributed by atoms with Crippen LogP contribution in [0.15, 0.2) is 29.3 Å². The number of likely N-dealkylation sites (tertiary alicyclic amines) is 1. The van der Waals surface area contributed by atoms with Crippen molar-refractivity contribution in [2.75, 3.05) is 26.2 Å². The Labute approximate surface area is 119 Å². The Balaban J connectivity index is 2.03. The summed E-state index contributed by atoms with van der Waals surface area (Å²) in [5.74, 6) is 0.418. The largest absolute Gasteiger partial charge is 0.386 e. The average molecular weight is 279 g/mol. The van der Waals surface area contributed by atoms with Crippen molar-refractivity contribution in [3.05, 3.63) is 35.6 Å². The molecule has 110 valence electrons. The average Bonchev–Trinajstić information content (AvgIpc) is 2.97. The van der Waals surface area contributed by atoms with Gasteiger partial charge in [0.25, 0.3) is 0 Å². The fourth-order valence-electron chi connectivity index (χ4n) is 2.37. The molecule has 1 aromatic carbocycles. The molecule has 2 N–H and O–H groups in total. The monoisotopic (exact) mass is 279 g/mol. The molecule has 2 rings (SSSR count). The molecule has 20 heavy (non-hydrogen) atoms. The second-order valence-electron chi connectivity index (χ2n) is 4.93. The molecule has 4 nitrogen and oxygen atoms in total. The fourth-order valence-corrected chi connectivity index (χ4v) is 2.37. The van der Waals surface area contributed by atoms with E-state index < -0.39 is 6.10 Å². The third-order valence-electron chi connectivity index (χ3n) is 3.42. The molecule has 0 spiro atoms. The molecule has 1 unspecified atom stereocenters. The summed E-state index contributed by atoms with van der Waals surface area (Å²) in [5, 5.41) is 13.3. The zero-order valence-corrected chi connectivity index (χ0v) is 11.8. The van der Waals surface area contributed by atoms with Gasteiger partial charge in [-0.05, 0) is 25.8 Å². The Hall–Kier alpha value is -1.62. The Morgan fingerprint density at radius 1 is 1.40 bits per heavy atom. The number of aliphatic hydroxyl groups is 1. The normalized spacial score (nSPS) is 17.4. The number of hydrogen-bond donors (Lipinski definition) is 2. The zero-order valence-electron chi connectivity index (χ0n) is 11.8. The summed E-state index contributed by atoms with van der Waals surface area (Å²) in [4.78, 5) is 6.61. The van der Waals surface area contributed by atoms with Crippen LogP contribution in [0.4, 0.5) is 4.39 Å². The molecule has 5 heteroatoms. The summed E-state index contributed by atoms with van der Waals surface area (Å²) >= 11 is 0. The van der Waals surface area contributed by atoms with Gasteiger partial charge in [-0.15, -0.1) is 0 Å². The van der Waals surface area contributed by atoms with Gasteiger partial charge in [0.1, 0.15) is 11.9 Å². The van der Waals surface area contributed by atoms with Crippen LogP contribution in [0.2, 0.25) is 0 Å². The van der Waals surface area contributed by atoms with Gasteiger partial charge in [-0.1, -0.05) is 18.2 Å². The van der Waals surface area contributed by atoms with Gasteiger partial charge in [-0.2, -0.15) is 0 Å². The fraction of sp³-hybridized carbons (Fsp3) is 0.533. The molecule has 0 bridgehead atoms. The molecule has 1 heterocycles. The summed E-state index contributed by atoms with van der Waals surface area (Å²) in [6.07, 6.45) is 1.42. The lowest BCUT2D eigenvalue weighted by atomic mass is 10.1. The lowest BCUT2D eigenvalue weighted by Crippen LogP contribution is -2.39. The number of nitrogens with zero attached hydrogens (tertiary/aromatic N) is 2. The third-order valence-corrected chi connectivity index (χ3v) is 3.42. The van der Waals surface area contributed by atoms with Gasteiger partial charge >= 0.3 is 0 Å². The van der Waals surface area contributed by atoms with Crippen molar-refractivity contribution in [3.8, 4) is 0 Å². The number of hydrogen-bond acceptors (Lipinski definition) is 2. The van der Waals surface area contributed by atoms with Crippen LogP contribution in [0.5, 0.6) is 0 Å². The molecular formula is C15H22FN3O. The molecule has 1 aliphatic rings. The van der Waals surface area contributed by atoms with Crippen molar-refractivity contribution in [1.29, 1.82) is 0 Å². The van der Waals surface area contributed by atoms with E-state index in [9.17, 15) is 9.50 Å². The van der Waals surface area contributed by atoms with E-state index in [2.05, 4.69) is 15.2 Å². The van der Waals surface area contributed by atoms with Gasteiger partial charge in [0.05, 0.1) is 6.54 Å². The van der Waals surface area contributed by atoms with Crippen molar-refractivity contribution in [2.24, 2.45) is 4.99 Å². The van der Waals surface area contributed by atoms with Crippen molar-refractivity contribution < 1.29 is 9.50 Å². The molecule has 0 radical (unpaired) electrons. The second kappa shape index (κ2) is 7.24. The van der Waals surface area contributed by atoms with E-state index >= 15 is 0 Å². The summed E-state index contributed by atoms with van der Waals surface area (Å²) in [7, 11) is 0. The smallest absolute Gasteiger partial charge is 0.194 e. The van der Waals surface area contributed by atoms with Gasteiger partial charge in [0, 0.05) is 25.2 Å². The van der Waals surface area contributed by atoms with Crippen LogP contribution in [0.3, 0.4) is 0 Å². The van der Waals surface area contributed by atoms with Crippen molar-refractivity contribution in [2.45, 2.75) is 25.9 Å². The van der Waals surface area contributed by atoms with Gasteiger partial charge in [-0.3, -0.25) is 4.99 Å². The highest BCUT2D eigenvalue weighted by Gasteiger charge is 2.17. The maximum absolute atomic E-state index is 13.6. The Morgan fingerprint density at radius 3 is 2.75 bits per heavy atom. The van der Waals surface area contributed by atoms with Crippen molar-refractivity contribution >= 4 is 5.96 Å². The molecule has 1 atom stereocenters. The van der Waals surface area contributed by atoms with E-state index in [0.717, 1.165) is 25.6 Å². The summed E-state index contributed by atoms with van der Waals surface area (Å²) in [6, 6.07) is 6.28. The number of rotatable bonds is 4. The minimum atomic E-state index is -0.910. The molecule has 0 amide bonds. The number of aliphatic hydroxyl groups excluding tert-OH is 1. The van der Waals surface area contributed by atoms with E-state index in [1.54, 1.807) is 18.2 Å². The summed E-state index contributed by atoms with van der Waals surface area (Å²) < 4.78 is 13.6. The summed E-state index contributed by atoms with van der Waals surface area (Å²) in [6.45, 7) is 4.94. The van der Waals surface area contributed by atoms with Gasteiger partial charge in [0.15, 0.2) is 5.96 Å². The van der Waals surface area contributed by atoms with Gasteiger partial charge in [0.2, 0.25) is 0 Å². The van der Waals surface area contributed by atoms with E-state index in [1.807, 2.05) is 6.92 Å². The molecule has 1 aromatic rings. The number of aliphatic imine (C=N–C) groups is 1. The highest BCUT2D eigenvalue weighted by Crippen LogP contribution is 2.17. The predicted octanol–water partition coefficient (Wildman–Crippen LogP) is 1.92. The van der Waals surface area contributed by atoms with Crippen LogP contribution < -0.4 is 5.32 Å². The van der Waals surface area contributed by atoms with E-state index in [0.29, 0.717) is 5.56 Å². The SMILES string of the molecule is CCNC(=NCC(O)c1ccccc1F)N1CCCC1. The maximum atomic E-state index is 13.6. The van der Waals surface area contributed by atoms with Crippen molar-refractivity contribution in [3.63, 3.8) is 0 Å². The number of halogens is 1. The topological polar surface area (TPSA) is 47.9 Å². The first kappa shape index (κ1) is 14.8. The minimum Gasteiger partial charge on any atom is -0.386 e. The first-order valence-corrected chi connectivity index (χ1v) is 7.18. The standard InChI is InChI=1S/C15H22FN3O/c1-2-17-15(19-9-5-6-10-19)18-11-14(20)12-7-3-4-8-13(12)16/h3-4,7-8,14,20H,2,5-6,9-11H2,1H3,(H,17,18). The molecule has 1 saturated heterocycles. The molecule has 0 saturated carbocycles. The number of nitrogens with one attached hydrogen (secondary N) is 1. The van der Waals surface area contributed by atoms with Crippen molar-refractivity contribution in [1.82, 2.24) is 10.2 Å². The maximum Gasteiger partial charge on any atom is 0.194 e. The van der Waals surface area contributed by atoms with Gasteiger partial charge < -0.3 is 15.3 Å². The van der Waals surface area contributed by atoms with Crippen LogP contribution >= 0.6 is 0 Å². The Kier molecular flexibility index (Phi) is 5.35. The Morgan fingerprint density at radius 2 is 2.10 bits per heavy atom. The van der Waals surface area contributed by atoms with Crippen LogP contribution in [0, 0.1) is 5.82 Å². The van der Waals surface area contributed by atoms with E-state index in [4.69, 9.17) is 0 Å². The van der Waals surface area contributed by atoms with E-state index in [1.165, 1.54) is 18.9 Å². The van der Waals surface area contributed by atoms with Crippen LogP contribution in [-0.4, -0.2) is 42.1 Å². The summed E-state index contributed by atoms with van der Waals surface area (Å²) in [5.41, 5.74) is 0.300. The highest BCUT2D eigenvalue weighted by molar-refractivity contribution is 5.80. The van der Waals surface area contributed by atoms with Crippen LogP contribution in [0.25, 0.3) is 0 Å². The number of benzene rings is 1. The lowest BCUT2D eigenvalue weighted by molar-refractivity contribution is 0.182. The van der Waals surface area contributed by atoms with E-state index in [-0.39, 0.29) is 12.4 Å². The molecule has 1 fully saturated rings. The first-order valence-electron chi connectivity index (χ1n) is 7.18. The predicted molar refractivity (Wildman–Crippen MR) is 78.1 cm³/mol. The van der Waals surface area contributed by atoms with Gasteiger partial charge in [-0.25, -0.2) is 4.39 Å². The highest BCUT2D eigenvalue weighted by atomic mass is 19.1.